The Morgan fingerprint density at radius 2 is 1.91 bits per heavy atom. The summed E-state index contributed by atoms with van der Waals surface area (Å²) < 4.78 is 12.2. The van der Waals surface area contributed by atoms with Crippen molar-refractivity contribution in [2.24, 2.45) is 0 Å². The number of imide groups is 1. The molecule has 1 aliphatic heterocycles. The van der Waals surface area contributed by atoms with Crippen LogP contribution < -0.4 is 25.7 Å². The van der Waals surface area contributed by atoms with Gasteiger partial charge >= 0.3 is 6.03 Å². The second kappa shape index (κ2) is 11.1. The third kappa shape index (κ3) is 5.69. The van der Waals surface area contributed by atoms with E-state index >= 15 is 0 Å². The van der Waals surface area contributed by atoms with Crippen LogP contribution in [0.15, 0.2) is 52.4 Å². The Kier molecular flexibility index (Phi) is 7.69. The number of hydrogen-bond acceptors (Lipinski definition) is 7. The molecule has 178 valence electrons. The van der Waals surface area contributed by atoms with Crippen LogP contribution in [0.25, 0.3) is 10.9 Å². The number of aromatic nitrogens is 2. The number of hydrogen-bond donors (Lipinski definition) is 2. The Bertz CT molecular complexity index is 1260. The first-order valence-corrected chi connectivity index (χ1v) is 12.2. The number of unbranched alkanes of at least 4 members (excludes halogenated alkanes) is 3. The number of amides is 3. The molecular weight excluding hydrogens is 456 g/mol. The van der Waals surface area contributed by atoms with Crippen LogP contribution in [0, 0.1) is 0 Å². The molecule has 9 nitrogen and oxygen atoms in total. The Balaban J connectivity index is 1.39. The van der Waals surface area contributed by atoms with Crippen LogP contribution in [0.5, 0.6) is 11.5 Å². The largest absolute Gasteiger partial charge is 0.454 e. The average molecular weight is 483 g/mol. The molecule has 2 heterocycles. The lowest BCUT2D eigenvalue weighted by Crippen LogP contribution is -2.35. The van der Waals surface area contributed by atoms with E-state index < -0.39 is 11.9 Å². The van der Waals surface area contributed by atoms with Crippen LogP contribution >= 0.6 is 11.8 Å². The zero-order chi connectivity index (χ0) is 23.9. The summed E-state index contributed by atoms with van der Waals surface area (Å²) in [5, 5.41) is 5.91. The van der Waals surface area contributed by atoms with Gasteiger partial charge in [-0.15, -0.1) is 0 Å². The molecule has 4 rings (SSSR count). The first-order chi connectivity index (χ1) is 16.5. The topological polar surface area (TPSA) is 112 Å². The third-order valence-electron chi connectivity index (χ3n) is 5.28. The Morgan fingerprint density at radius 1 is 1.09 bits per heavy atom. The molecule has 0 saturated heterocycles. The number of rotatable bonds is 9. The maximum absolute atomic E-state index is 13.0. The Morgan fingerprint density at radius 3 is 2.76 bits per heavy atom. The monoisotopic (exact) mass is 482 g/mol. The van der Waals surface area contributed by atoms with E-state index in [1.807, 2.05) is 12.1 Å². The zero-order valence-corrected chi connectivity index (χ0v) is 19.7. The van der Waals surface area contributed by atoms with E-state index in [0.717, 1.165) is 37.4 Å². The lowest BCUT2D eigenvalue weighted by atomic mass is 10.2. The van der Waals surface area contributed by atoms with Crippen LogP contribution in [-0.2, 0) is 11.3 Å². The molecule has 0 atom stereocenters. The molecule has 0 fully saturated rings. The molecule has 1 aromatic heterocycles. The van der Waals surface area contributed by atoms with Gasteiger partial charge in [-0.1, -0.05) is 50.1 Å². The maximum Gasteiger partial charge on any atom is 0.325 e. The number of thioether (sulfide) groups is 1. The van der Waals surface area contributed by atoms with Crippen LogP contribution in [0.2, 0.25) is 0 Å². The van der Waals surface area contributed by atoms with Gasteiger partial charge in [0.1, 0.15) is 0 Å². The van der Waals surface area contributed by atoms with Gasteiger partial charge in [-0.25, -0.2) is 9.78 Å². The van der Waals surface area contributed by atoms with E-state index in [4.69, 9.17) is 9.47 Å². The van der Waals surface area contributed by atoms with E-state index in [1.54, 1.807) is 34.9 Å². The Labute approximate surface area is 200 Å². The molecule has 2 aromatic carbocycles. The van der Waals surface area contributed by atoms with Crippen molar-refractivity contribution in [1.29, 1.82) is 0 Å². The molecule has 2 N–H and O–H groups in total. The molecule has 0 saturated carbocycles. The van der Waals surface area contributed by atoms with E-state index in [2.05, 4.69) is 22.5 Å². The molecule has 0 aliphatic carbocycles. The zero-order valence-electron chi connectivity index (χ0n) is 18.8. The van der Waals surface area contributed by atoms with Crippen LogP contribution in [0.3, 0.4) is 0 Å². The number of ether oxygens (including phenoxy) is 2. The normalized spacial score (nSPS) is 12.0. The number of urea groups is 1. The van der Waals surface area contributed by atoms with E-state index in [1.165, 1.54) is 0 Å². The van der Waals surface area contributed by atoms with Gasteiger partial charge in [-0.3, -0.25) is 19.5 Å². The minimum Gasteiger partial charge on any atom is -0.454 e. The fourth-order valence-corrected chi connectivity index (χ4v) is 4.41. The molecule has 0 unspecified atom stereocenters. The lowest BCUT2D eigenvalue weighted by molar-refractivity contribution is -0.117. The van der Waals surface area contributed by atoms with Crippen molar-refractivity contribution in [3.63, 3.8) is 0 Å². The molecule has 0 radical (unpaired) electrons. The fraction of sp³-hybridized carbons (Fsp3) is 0.333. The van der Waals surface area contributed by atoms with Gasteiger partial charge in [0.15, 0.2) is 16.7 Å². The number of nitrogens with zero attached hydrogens (tertiary/aromatic N) is 2. The molecule has 3 aromatic rings. The highest BCUT2D eigenvalue weighted by Gasteiger charge is 2.16. The molecule has 1 aliphatic rings. The van der Waals surface area contributed by atoms with E-state index in [9.17, 15) is 14.4 Å². The summed E-state index contributed by atoms with van der Waals surface area (Å²) in [7, 11) is 0. The number of nitrogens with one attached hydrogen (secondary N) is 2. The predicted octanol–water partition coefficient (Wildman–Crippen LogP) is 4.15. The molecule has 10 heteroatoms. The summed E-state index contributed by atoms with van der Waals surface area (Å²) in [5.41, 5.74) is 0.936. The summed E-state index contributed by atoms with van der Waals surface area (Å²) in [5.74, 6) is 0.568. The molecule has 3 amide bonds. The first kappa shape index (κ1) is 23.6. The van der Waals surface area contributed by atoms with Gasteiger partial charge in [-0.05, 0) is 30.7 Å². The summed E-state index contributed by atoms with van der Waals surface area (Å²) in [6, 6.07) is 11.5. The van der Waals surface area contributed by atoms with Crippen molar-refractivity contribution in [2.45, 2.75) is 44.3 Å². The maximum atomic E-state index is 13.0. The second-order valence-corrected chi connectivity index (χ2v) is 8.73. The van der Waals surface area contributed by atoms with Crippen molar-refractivity contribution >= 4 is 40.3 Å². The number of benzene rings is 2. The van der Waals surface area contributed by atoms with Crippen LogP contribution in [-0.4, -0.2) is 34.0 Å². The molecule has 34 heavy (non-hydrogen) atoms. The number of fused-ring (bicyclic) bond motifs is 2. The minimum atomic E-state index is -0.659. The van der Waals surface area contributed by atoms with Crippen molar-refractivity contribution in [1.82, 2.24) is 14.9 Å². The van der Waals surface area contributed by atoms with Crippen molar-refractivity contribution in [3.8, 4) is 11.5 Å². The van der Waals surface area contributed by atoms with E-state index in [-0.39, 0.29) is 18.1 Å². The number of anilines is 1. The van der Waals surface area contributed by atoms with Gasteiger partial charge in [0.25, 0.3) is 5.56 Å². The molecule has 0 bridgehead atoms. The molecular formula is C24H26N4O5S. The number of carbonyl (C=O) groups excluding carboxylic acids is 2. The quantitative estimate of drug-likeness (QED) is 0.268. The first-order valence-electron chi connectivity index (χ1n) is 11.2. The smallest absolute Gasteiger partial charge is 0.325 e. The number of carbonyl (C=O) groups is 2. The van der Waals surface area contributed by atoms with Crippen molar-refractivity contribution < 1.29 is 19.1 Å². The summed E-state index contributed by atoms with van der Waals surface area (Å²) in [6.07, 6.45) is 4.06. The van der Waals surface area contributed by atoms with Gasteiger partial charge < -0.3 is 14.8 Å². The van der Waals surface area contributed by atoms with Crippen LogP contribution in [0.4, 0.5) is 10.5 Å². The van der Waals surface area contributed by atoms with Gasteiger partial charge in [0.2, 0.25) is 12.7 Å². The summed E-state index contributed by atoms with van der Waals surface area (Å²) >= 11 is 1.14. The minimum absolute atomic E-state index is 0.0612. The highest BCUT2D eigenvalue weighted by molar-refractivity contribution is 7.99. The summed E-state index contributed by atoms with van der Waals surface area (Å²) in [6.45, 7) is 2.80. The standard InChI is InChI=1S/C24H26N4O5S/c1-2-3-4-7-12-28-22(30)17-8-5-6-9-18(17)26-24(28)34-14-21(29)27-23(31)25-16-10-11-19-20(13-16)33-15-32-19/h5-6,8-11,13H,2-4,7,12,14-15H2,1H3,(H2,25,27,29,31). The van der Waals surface area contributed by atoms with Gasteiger partial charge in [0.05, 0.1) is 16.7 Å². The second-order valence-electron chi connectivity index (χ2n) is 7.79. The highest BCUT2D eigenvalue weighted by atomic mass is 32.2. The lowest BCUT2D eigenvalue weighted by Gasteiger charge is -2.13. The molecule has 0 spiro atoms. The van der Waals surface area contributed by atoms with Crippen molar-refractivity contribution in [3.05, 3.63) is 52.8 Å². The predicted molar refractivity (Wildman–Crippen MR) is 131 cm³/mol. The number of para-hydroxylation sites is 1. The Hall–Kier alpha value is -3.53. The van der Waals surface area contributed by atoms with Crippen LogP contribution in [0.1, 0.15) is 32.6 Å². The van der Waals surface area contributed by atoms with Gasteiger partial charge in [-0.2, -0.15) is 0 Å². The SMILES string of the molecule is CCCCCCn1c(SCC(=O)NC(=O)Nc2ccc3c(c2)OCO3)nc2ccccc2c1=O. The third-order valence-corrected chi connectivity index (χ3v) is 6.25. The average Bonchev–Trinajstić information content (AvgIpc) is 3.29. The van der Waals surface area contributed by atoms with E-state index in [0.29, 0.717) is 39.8 Å². The summed E-state index contributed by atoms with van der Waals surface area (Å²) in [4.78, 5) is 42.3. The fourth-order valence-electron chi connectivity index (χ4n) is 3.58. The highest BCUT2D eigenvalue weighted by Crippen LogP contribution is 2.34. The van der Waals surface area contributed by atoms with Crippen molar-refractivity contribution in [2.75, 3.05) is 17.9 Å². The van der Waals surface area contributed by atoms with Gasteiger partial charge in [0, 0.05) is 18.3 Å².